The van der Waals surface area contributed by atoms with Gasteiger partial charge in [-0.1, -0.05) is 0 Å². The molecule has 20 heavy (non-hydrogen) atoms. The molecule has 0 aliphatic carbocycles. The van der Waals surface area contributed by atoms with Gasteiger partial charge in [0.25, 0.3) is 0 Å². The van der Waals surface area contributed by atoms with Crippen molar-refractivity contribution in [1.29, 1.82) is 0 Å². The molecule has 0 fully saturated rings. The molecular weight excluding hydrogens is 274 g/mol. The van der Waals surface area contributed by atoms with E-state index in [2.05, 4.69) is 55.5 Å². The number of rotatable bonds is 5. The maximum Gasteiger partial charge on any atom is 0.0825 e. The number of aryl methyl sites for hydroxylation is 1. The van der Waals surface area contributed by atoms with Crippen LogP contribution in [0.3, 0.4) is 0 Å². The molecule has 2 heterocycles. The van der Waals surface area contributed by atoms with E-state index >= 15 is 0 Å². The molecule has 0 spiro atoms. The lowest BCUT2D eigenvalue weighted by Crippen LogP contribution is -2.11. The van der Waals surface area contributed by atoms with Gasteiger partial charge >= 0.3 is 0 Å². The van der Waals surface area contributed by atoms with Crippen LogP contribution in [0.2, 0.25) is 0 Å². The SMILES string of the molecule is Cc1nn(C(C)C)cc1NCc1ccnn1C(C)C.Cl. The van der Waals surface area contributed by atoms with Gasteiger partial charge in [-0.15, -0.1) is 12.4 Å². The van der Waals surface area contributed by atoms with Crippen molar-refractivity contribution in [2.45, 2.75) is 53.2 Å². The summed E-state index contributed by atoms with van der Waals surface area (Å²) in [6, 6.07) is 2.82. The number of nitrogens with one attached hydrogen (secondary N) is 1. The van der Waals surface area contributed by atoms with Crippen molar-refractivity contribution in [3.05, 3.63) is 29.8 Å². The molecule has 112 valence electrons. The highest BCUT2D eigenvalue weighted by atomic mass is 35.5. The van der Waals surface area contributed by atoms with Crippen molar-refractivity contribution >= 4 is 18.1 Å². The Labute approximate surface area is 126 Å². The second-order valence-corrected chi connectivity index (χ2v) is 5.42. The van der Waals surface area contributed by atoms with Gasteiger partial charge in [-0.25, -0.2) is 0 Å². The summed E-state index contributed by atoms with van der Waals surface area (Å²) >= 11 is 0. The molecule has 0 amide bonds. The number of hydrogen-bond acceptors (Lipinski definition) is 3. The van der Waals surface area contributed by atoms with E-state index in [0.29, 0.717) is 12.1 Å². The molecule has 0 saturated heterocycles. The lowest BCUT2D eigenvalue weighted by atomic mass is 10.3. The third-order valence-electron chi connectivity index (χ3n) is 3.15. The molecule has 0 aliphatic rings. The molecule has 1 N–H and O–H groups in total. The molecule has 6 heteroatoms. The number of nitrogens with zero attached hydrogens (tertiary/aromatic N) is 4. The molecular formula is C14H24ClN5. The van der Waals surface area contributed by atoms with Crippen LogP contribution in [-0.2, 0) is 6.54 Å². The third kappa shape index (κ3) is 3.54. The van der Waals surface area contributed by atoms with E-state index in [1.54, 1.807) is 0 Å². The van der Waals surface area contributed by atoms with E-state index in [9.17, 15) is 0 Å². The quantitative estimate of drug-likeness (QED) is 0.917. The molecule has 2 rings (SSSR count). The summed E-state index contributed by atoms with van der Waals surface area (Å²) in [5, 5.41) is 12.3. The van der Waals surface area contributed by atoms with Gasteiger partial charge in [-0.3, -0.25) is 9.36 Å². The van der Waals surface area contributed by atoms with Gasteiger partial charge in [0.2, 0.25) is 0 Å². The Kier molecular flexibility index (Phi) is 5.62. The van der Waals surface area contributed by atoms with Gasteiger partial charge in [-0.2, -0.15) is 10.2 Å². The number of aromatic nitrogens is 4. The molecule has 0 bridgehead atoms. The highest BCUT2D eigenvalue weighted by Crippen LogP contribution is 2.17. The second kappa shape index (κ2) is 6.79. The first-order valence-electron chi connectivity index (χ1n) is 6.81. The first-order chi connectivity index (χ1) is 8.99. The number of halogens is 1. The monoisotopic (exact) mass is 297 g/mol. The minimum Gasteiger partial charge on any atom is -0.377 e. The van der Waals surface area contributed by atoms with Crippen molar-refractivity contribution in [1.82, 2.24) is 19.6 Å². The van der Waals surface area contributed by atoms with Crippen LogP contribution in [0.1, 0.15) is 51.2 Å². The smallest absolute Gasteiger partial charge is 0.0825 e. The lowest BCUT2D eigenvalue weighted by molar-refractivity contribution is 0.512. The zero-order valence-corrected chi connectivity index (χ0v) is 13.6. The topological polar surface area (TPSA) is 47.7 Å². The van der Waals surface area contributed by atoms with Crippen LogP contribution in [0, 0.1) is 6.92 Å². The van der Waals surface area contributed by atoms with Crippen LogP contribution in [0.5, 0.6) is 0 Å². The van der Waals surface area contributed by atoms with Gasteiger partial charge in [0.15, 0.2) is 0 Å². The molecule has 0 aromatic carbocycles. The van der Waals surface area contributed by atoms with Crippen LogP contribution in [0.15, 0.2) is 18.5 Å². The number of anilines is 1. The van der Waals surface area contributed by atoms with E-state index in [0.717, 1.165) is 17.9 Å². The molecule has 5 nitrogen and oxygen atoms in total. The van der Waals surface area contributed by atoms with Gasteiger partial charge in [0.1, 0.15) is 0 Å². The molecule has 2 aromatic rings. The van der Waals surface area contributed by atoms with Gasteiger partial charge in [-0.05, 0) is 40.7 Å². The standard InChI is InChI=1S/C14H23N5.ClH/c1-10(2)18-9-14(12(5)17-18)15-8-13-6-7-16-19(13)11(3)4;/h6-7,9-11,15H,8H2,1-5H3;1H. The zero-order valence-electron chi connectivity index (χ0n) is 12.8. The molecule has 2 aromatic heterocycles. The van der Waals surface area contributed by atoms with E-state index < -0.39 is 0 Å². The van der Waals surface area contributed by atoms with Gasteiger partial charge < -0.3 is 5.32 Å². The predicted octanol–water partition coefficient (Wildman–Crippen LogP) is 3.58. The lowest BCUT2D eigenvalue weighted by Gasteiger charge is -2.11. The molecule has 0 unspecified atom stereocenters. The van der Waals surface area contributed by atoms with Crippen LogP contribution in [0.4, 0.5) is 5.69 Å². The maximum atomic E-state index is 4.50. The normalized spacial score (nSPS) is 10.9. The first-order valence-corrected chi connectivity index (χ1v) is 6.81. The molecule has 0 aliphatic heterocycles. The second-order valence-electron chi connectivity index (χ2n) is 5.42. The fourth-order valence-electron chi connectivity index (χ4n) is 2.05. The van der Waals surface area contributed by atoms with Crippen LogP contribution < -0.4 is 5.32 Å². The summed E-state index contributed by atoms with van der Waals surface area (Å²) in [5.41, 5.74) is 3.31. The van der Waals surface area contributed by atoms with E-state index in [1.807, 2.05) is 22.5 Å². The summed E-state index contributed by atoms with van der Waals surface area (Å²) in [6.07, 6.45) is 3.91. The fourth-order valence-corrected chi connectivity index (χ4v) is 2.05. The summed E-state index contributed by atoms with van der Waals surface area (Å²) in [4.78, 5) is 0. The average Bonchev–Trinajstić information content (AvgIpc) is 2.92. The Morgan fingerprint density at radius 1 is 1.20 bits per heavy atom. The van der Waals surface area contributed by atoms with Crippen molar-refractivity contribution in [2.75, 3.05) is 5.32 Å². The van der Waals surface area contributed by atoms with Gasteiger partial charge in [0, 0.05) is 24.5 Å². The Morgan fingerprint density at radius 2 is 1.90 bits per heavy atom. The average molecular weight is 298 g/mol. The minimum atomic E-state index is 0. The fraction of sp³-hybridized carbons (Fsp3) is 0.571. The summed E-state index contributed by atoms with van der Waals surface area (Å²) in [7, 11) is 0. The van der Waals surface area contributed by atoms with E-state index in [1.165, 1.54) is 5.69 Å². The molecule has 0 saturated carbocycles. The van der Waals surface area contributed by atoms with Crippen LogP contribution >= 0.6 is 12.4 Å². The zero-order chi connectivity index (χ0) is 14.0. The Hall–Kier alpha value is -1.49. The van der Waals surface area contributed by atoms with Crippen molar-refractivity contribution in [3.63, 3.8) is 0 Å². The van der Waals surface area contributed by atoms with Crippen molar-refractivity contribution < 1.29 is 0 Å². The predicted molar refractivity (Wildman–Crippen MR) is 84.5 cm³/mol. The van der Waals surface area contributed by atoms with Gasteiger partial charge in [0.05, 0.1) is 23.6 Å². The summed E-state index contributed by atoms with van der Waals surface area (Å²) in [6.45, 7) is 11.3. The Morgan fingerprint density at radius 3 is 2.45 bits per heavy atom. The Bertz CT molecular complexity index is 542. The summed E-state index contributed by atoms with van der Waals surface area (Å²) in [5.74, 6) is 0. The highest BCUT2D eigenvalue weighted by molar-refractivity contribution is 5.85. The largest absolute Gasteiger partial charge is 0.377 e. The maximum absolute atomic E-state index is 4.50. The van der Waals surface area contributed by atoms with Crippen LogP contribution in [-0.4, -0.2) is 19.6 Å². The van der Waals surface area contributed by atoms with Crippen molar-refractivity contribution in [3.8, 4) is 0 Å². The van der Waals surface area contributed by atoms with Crippen LogP contribution in [0.25, 0.3) is 0 Å². The minimum absolute atomic E-state index is 0. The first kappa shape index (κ1) is 16.6. The van der Waals surface area contributed by atoms with Crippen molar-refractivity contribution in [2.24, 2.45) is 0 Å². The van der Waals surface area contributed by atoms with E-state index in [-0.39, 0.29) is 12.4 Å². The highest BCUT2D eigenvalue weighted by Gasteiger charge is 2.09. The summed E-state index contributed by atoms with van der Waals surface area (Å²) < 4.78 is 4.02. The van der Waals surface area contributed by atoms with E-state index in [4.69, 9.17) is 0 Å². The Balaban J connectivity index is 0.00000200. The number of hydrogen-bond donors (Lipinski definition) is 1. The molecule has 0 radical (unpaired) electrons. The molecule has 0 atom stereocenters. The third-order valence-corrected chi connectivity index (χ3v) is 3.15.